The zero-order chi connectivity index (χ0) is 17.2. The van der Waals surface area contributed by atoms with E-state index >= 15 is 0 Å². The second-order valence-electron chi connectivity index (χ2n) is 5.71. The molecular weight excluding hydrogens is 314 g/mol. The van der Waals surface area contributed by atoms with Gasteiger partial charge in [0.15, 0.2) is 11.5 Å². The van der Waals surface area contributed by atoms with E-state index in [0.29, 0.717) is 13.1 Å². The van der Waals surface area contributed by atoms with Crippen molar-refractivity contribution in [2.75, 3.05) is 25.5 Å². The van der Waals surface area contributed by atoms with E-state index in [9.17, 15) is 0 Å². The first-order valence-corrected chi connectivity index (χ1v) is 8.16. The highest BCUT2D eigenvalue weighted by Crippen LogP contribution is 2.27. The summed E-state index contributed by atoms with van der Waals surface area (Å²) >= 11 is 0. The van der Waals surface area contributed by atoms with Crippen molar-refractivity contribution in [1.82, 2.24) is 14.4 Å². The predicted molar refractivity (Wildman–Crippen MR) is 100 cm³/mol. The van der Waals surface area contributed by atoms with Gasteiger partial charge in [-0.05, 0) is 36.4 Å². The number of nitrogens with two attached hydrogens (primary N) is 1. The third-order valence-electron chi connectivity index (χ3n) is 4.11. The van der Waals surface area contributed by atoms with E-state index in [2.05, 4.69) is 9.72 Å². The molecule has 0 saturated carbocycles. The van der Waals surface area contributed by atoms with Gasteiger partial charge in [-0.3, -0.25) is 4.40 Å². The zero-order valence-electron chi connectivity index (χ0n) is 13.9. The first-order valence-electron chi connectivity index (χ1n) is 8.16. The molecule has 0 atom stereocenters. The highest BCUT2D eigenvalue weighted by molar-refractivity contribution is 5.84. The van der Waals surface area contributed by atoms with Crippen molar-refractivity contribution < 1.29 is 4.74 Å². The van der Waals surface area contributed by atoms with Gasteiger partial charge >= 0.3 is 0 Å². The number of para-hydroxylation sites is 2. The van der Waals surface area contributed by atoms with Crippen molar-refractivity contribution in [3.8, 4) is 17.0 Å². The lowest BCUT2D eigenvalue weighted by molar-refractivity contribution is 0.415. The van der Waals surface area contributed by atoms with Crippen LogP contribution in [-0.4, -0.2) is 34.6 Å². The molecule has 25 heavy (non-hydrogen) atoms. The summed E-state index contributed by atoms with van der Waals surface area (Å²) in [5.41, 5.74) is 10.3. The summed E-state index contributed by atoms with van der Waals surface area (Å²) in [7, 11) is 1.66. The van der Waals surface area contributed by atoms with Crippen molar-refractivity contribution in [1.29, 1.82) is 0 Å². The lowest BCUT2D eigenvalue weighted by Gasteiger charge is -2.08. The fraction of sp³-hybridized carbons (Fsp3) is 0.158. The van der Waals surface area contributed by atoms with E-state index in [0.717, 1.165) is 39.5 Å². The highest BCUT2D eigenvalue weighted by atomic mass is 16.5. The number of hydrogen-bond acceptors (Lipinski definition) is 5. The van der Waals surface area contributed by atoms with Crippen LogP contribution >= 0.6 is 0 Å². The second kappa shape index (κ2) is 6.41. The van der Waals surface area contributed by atoms with Gasteiger partial charge in [-0.1, -0.05) is 12.1 Å². The number of fused-ring (bicyclic) bond motifs is 3. The Bertz CT molecular complexity index is 1020. The molecule has 2 heterocycles. The van der Waals surface area contributed by atoms with Crippen molar-refractivity contribution in [2.24, 2.45) is 5.73 Å². The van der Waals surface area contributed by atoms with Gasteiger partial charge in [-0.2, -0.15) is 0 Å². The van der Waals surface area contributed by atoms with Crippen molar-refractivity contribution >= 4 is 22.5 Å². The Kier molecular flexibility index (Phi) is 3.95. The van der Waals surface area contributed by atoms with Crippen LogP contribution in [-0.2, 0) is 0 Å². The summed E-state index contributed by atoms with van der Waals surface area (Å²) in [4.78, 5) is 9.50. The third kappa shape index (κ3) is 2.77. The van der Waals surface area contributed by atoms with Crippen LogP contribution in [0.15, 0.2) is 54.7 Å². The monoisotopic (exact) mass is 333 g/mol. The minimum Gasteiger partial charge on any atom is -0.497 e. The zero-order valence-corrected chi connectivity index (χ0v) is 13.9. The molecule has 0 radical (unpaired) electrons. The molecule has 0 amide bonds. The summed E-state index contributed by atoms with van der Waals surface area (Å²) < 4.78 is 7.30. The molecule has 0 aliphatic heterocycles. The fourth-order valence-electron chi connectivity index (χ4n) is 2.87. The molecule has 0 unspecified atom stereocenters. The molecule has 4 rings (SSSR count). The number of methoxy groups -OCH3 is 1. The Labute approximate surface area is 145 Å². The summed E-state index contributed by atoms with van der Waals surface area (Å²) in [5, 5.41) is 3.27. The van der Waals surface area contributed by atoms with Gasteiger partial charge < -0.3 is 15.8 Å². The SMILES string of the molecule is COc1ccc(-c2cn3c(n2)c(NCCN)nc2ccccc23)cc1. The number of rotatable bonds is 5. The average Bonchev–Trinajstić information content (AvgIpc) is 3.12. The van der Waals surface area contributed by atoms with Gasteiger partial charge in [-0.25, -0.2) is 9.97 Å². The molecule has 126 valence electrons. The Balaban J connectivity index is 1.91. The Morgan fingerprint density at radius 1 is 1.08 bits per heavy atom. The van der Waals surface area contributed by atoms with Crippen LogP contribution in [0.25, 0.3) is 27.9 Å². The van der Waals surface area contributed by atoms with Crippen LogP contribution in [0.4, 0.5) is 5.82 Å². The van der Waals surface area contributed by atoms with Gasteiger partial charge in [-0.15, -0.1) is 0 Å². The molecule has 2 aromatic heterocycles. The van der Waals surface area contributed by atoms with E-state index in [-0.39, 0.29) is 0 Å². The molecule has 0 aliphatic rings. The number of nitrogens with one attached hydrogen (secondary N) is 1. The van der Waals surface area contributed by atoms with Crippen LogP contribution in [0.2, 0.25) is 0 Å². The lowest BCUT2D eigenvalue weighted by atomic mass is 10.2. The number of imidazole rings is 1. The van der Waals surface area contributed by atoms with E-state index in [1.807, 2.05) is 54.7 Å². The van der Waals surface area contributed by atoms with Gasteiger partial charge in [0.1, 0.15) is 5.75 Å². The average molecular weight is 333 g/mol. The van der Waals surface area contributed by atoms with Gasteiger partial charge in [0.2, 0.25) is 0 Å². The molecule has 3 N–H and O–H groups in total. The number of hydrogen-bond donors (Lipinski definition) is 2. The minimum absolute atomic E-state index is 0.534. The number of anilines is 1. The summed E-state index contributed by atoms with van der Waals surface area (Å²) in [6.07, 6.45) is 2.04. The maximum absolute atomic E-state index is 5.63. The molecule has 6 heteroatoms. The summed E-state index contributed by atoms with van der Waals surface area (Å²) in [6, 6.07) is 15.9. The van der Waals surface area contributed by atoms with Crippen molar-refractivity contribution in [3.63, 3.8) is 0 Å². The van der Waals surface area contributed by atoms with Crippen LogP contribution in [0, 0.1) is 0 Å². The second-order valence-corrected chi connectivity index (χ2v) is 5.71. The van der Waals surface area contributed by atoms with Crippen LogP contribution in [0.3, 0.4) is 0 Å². The first kappa shape index (κ1) is 15.4. The highest BCUT2D eigenvalue weighted by Gasteiger charge is 2.12. The van der Waals surface area contributed by atoms with Gasteiger partial charge in [0.25, 0.3) is 0 Å². The third-order valence-corrected chi connectivity index (χ3v) is 4.11. The maximum atomic E-state index is 5.63. The molecule has 0 bridgehead atoms. The molecule has 0 saturated heterocycles. The smallest absolute Gasteiger partial charge is 0.181 e. The predicted octanol–water partition coefficient (Wildman–Crippen LogP) is 2.93. The van der Waals surface area contributed by atoms with Crippen LogP contribution in [0.5, 0.6) is 5.75 Å². The molecule has 0 aliphatic carbocycles. The number of nitrogens with zero attached hydrogens (tertiary/aromatic N) is 3. The molecule has 4 aromatic rings. The largest absolute Gasteiger partial charge is 0.497 e. The van der Waals surface area contributed by atoms with E-state index in [1.165, 1.54) is 0 Å². The molecule has 2 aromatic carbocycles. The van der Waals surface area contributed by atoms with E-state index < -0.39 is 0 Å². The number of benzene rings is 2. The van der Waals surface area contributed by atoms with Crippen molar-refractivity contribution in [2.45, 2.75) is 0 Å². The Morgan fingerprint density at radius 2 is 1.88 bits per heavy atom. The fourth-order valence-corrected chi connectivity index (χ4v) is 2.87. The quantitative estimate of drug-likeness (QED) is 0.587. The van der Waals surface area contributed by atoms with Crippen LogP contribution < -0.4 is 15.8 Å². The van der Waals surface area contributed by atoms with Gasteiger partial charge in [0, 0.05) is 24.8 Å². The lowest BCUT2D eigenvalue weighted by Crippen LogP contribution is -2.14. The van der Waals surface area contributed by atoms with E-state index in [1.54, 1.807) is 7.11 Å². The normalized spacial score (nSPS) is 11.1. The molecular formula is C19H19N5O. The summed E-state index contributed by atoms with van der Waals surface area (Å²) in [6.45, 7) is 1.18. The molecule has 0 spiro atoms. The van der Waals surface area contributed by atoms with Gasteiger partial charge in [0.05, 0.1) is 23.8 Å². The van der Waals surface area contributed by atoms with E-state index in [4.69, 9.17) is 20.4 Å². The van der Waals surface area contributed by atoms with Crippen molar-refractivity contribution in [3.05, 3.63) is 54.7 Å². The number of aromatic nitrogens is 3. The number of ether oxygens (including phenoxy) is 1. The van der Waals surface area contributed by atoms with Crippen LogP contribution in [0.1, 0.15) is 0 Å². The Morgan fingerprint density at radius 3 is 2.64 bits per heavy atom. The maximum Gasteiger partial charge on any atom is 0.181 e. The standard InChI is InChI=1S/C19H19N5O/c1-25-14-8-6-13(7-9-14)16-12-24-17-5-3-2-4-15(17)22-18(19(24)23-16)21-11-10-20/h2-9,12H,10-11,20H2,1H3,(H,21,22). The minimum atomic E-state index is 0.534. The Hall–Kier alpha value is -3.12. The molecule has 6 nitrogen and oxygen atoms in total. The topological polar surface area (TPSA) is 77.5 Å². The first-order chi connectivity index (χ1) is 12.3. The molecule has 0 fully saturated rings. The summed E-state index contributed by atoms with van der Waals surface area (Å²) in [5.74, 6) is 1.56.